The van der Waals surface area contributed by atoms with Gasteiger partial charge in [-0.3, -0.25) is 34.3 Å². The second kappa shape index (κ2) is 13.0. The Balaban J connectivity index is 1.42. The first-order valence-electron chi connectivity index (χ1n) is 16.4. The Bertz CT molecular complexity index is 2020. The summed E-state index contributed by atoms with van der Waals surface area (Å²) in [6.45, 7) is -0.0800. The van der Waals surface area contributed by atoms with E-state index in [9.17, 15) is 24.3 Å². The first-order chi connectivity index (χ1) is 24.4. The summed E-state index contributed by atoms with van der Waals surface area (Å²) in [4.78, 5) is 69.9. The molecule has 3 aromatic carbocycles. The molecule has 7 rings (SSSR count). The SMILES string of the molecule is COc1ccc(C23C(=O)N(Nc4ccc(Cl)cc4Cl)C(=O)C2CC2C(=CCC4C(=O)N(CCCC(=O)O)C(=O)C42)C3c2cccc(F)c2O)cc1. The molecule has 3 fully saturated rings. The van der Waals surface area contributed by atoms with E-state index in [1.165, 1.54) is 37.4 Å². The monoisotopic (exact) mass is 735 g/mol. The van der Waals surface area contributed by atoms with Gasteiger partial charge in [-0.2, -0.15) is 5.01 Å². The van der Waals surface area contributed by atoms with E-state index in [-0.39, 0.29) is 48.5 Å². The minimum Gasteiger partial charge on any atom is -0.505 e. The number of amides is 4. The molecule has 0 bridgehead atoms. The van der Waals surface area contributed by atoms with Crippen LogP contribution in [0.15, 0.2) is 72.3 Å². The number of fused-ring (bicyclic) bond motifs is 4. The molecule has 2 saturated heterocycles. The van der Waals surface area contributed by atoms with Gasteiger partial charge in [-0.1, -0.05) is 59.1 Å². The molecule has 1 saturated carbocycles. The molecule has 2 aliphatic carbocycles. The number of likely N-dealkylation sites (tertiary alicyclic amines) is 1. The Labute approximate surface area is 301 Å². The quantitative estimate of drug-likeness (QED) is 0.186. The molecular formula is C37H32Cl2FN3O8. The predicted molar refractivity (Wildman–Crippen MR) is 182 cm³/mol. The maximum atomic E-state index is 15.3. The van der Waals surface area contributed by atoms with Crippen LogP contribution in [0.4, 0.5) is 10.1 Å². The smallest absolute Gasteiger partial charge is 0.303 e. The Kier molecular flexibility index (Phi) is 8.79. The second-order valence-corrected chi connectivity index (χ2v) is 14.1. The van der Waals surface area contributed by atoms with Crippen molar-refractivity contribution in [3.63, 3.8) is 0 Å². The average molecular weight is 737 g/mol. The molecule has 0 aromatic heterocycles. The zero-order valence-electron chi connectivity index (χ0n) is 27.1. The summed E-state index contributed by atoms with van der Waals surface area (Å²) in [7, 11) is 1.48. The van der Waals surface area contributed by atoms with E-state index in [2.05, 4.69) is 5.43 Å². The number of carbonyl (C=O) groups excluding carboxylic acids is 4. The van der Waals surface area contributed by atoms with Gasteiger partial charge in [0.15, 0.2) is 11.6 Å². The van der Waals surface area contributed by atoms with Gasteiger partial charge in [0, 0.05) is 29.5 Å². The number of carboxylic acids is 1. The van der Waals surface area contributed by atoms with Gasteiger partial charge in [0.2, 0.25) is 11.8 Å². The largest absolute Gasteiger partial charge is 0.505 e. The standard InChI is InChI=1S/C37H32Cl2FN3O8/c1-51-20-10-7-18(8-11-20)37-25(34(48)43(36(37)50)41-28-14-9-19(38)16-26(28)39)17-24-21(31(37)23-4-2-5-27(40)32(23)46)12-13-22-30(24)35(49)42(33(22)47)15-3-6-29(44)45/h2,4-5,7-12,14,16,22,24-25,30-31,41,46H,3,6,13,15,17H2,1H3,(H,44,45). The summed E-state index contributed by atoms with van der Waals surface area (Å²) < 4.78 is 20.6. The van der Waals surface area contributed by atoms with Gasteiger partial charge in [0.05, 0.1) is 41.0 Å². The maximum absolute atomic E-state index is 15.3. The van der Waals surface area contributed by atoms with E-state index in [4.69, 9.17) is 33.0 Å². The molecule has 2 aliphatic heterocycles. The van der Waals surface area contributed by atoms with Crippen molar-refractivity contribution in [2.45, 2.75) is 37.0 Å². The highest BCUT2D eigenvalue weighted by molar-refractivity contribution is 6.36. The number of nitrogens with one attached hydrogen (secondary N) is 1. The summed E-state index contributed by atoms with van der Waals surface area (Å²) >= 11 is 12.6. The average Bonchev–Trinajstić information content (AvgIpc) is 3.47. The number of hydrogen-bond donors (Lipinski definition) is 3. The number of carboxylic acid groups (broad SMARTS) is 1. The van der Waals surface area contributed by atoms with Crippen molar-refractivity contribution in [2.24, 2.45) is 23.7 Å². The van der Waals surface area contributed by atoms with Crippen LogP contribution in [-0.4, -0.2) is 63.4 Å². The number of carbonyl (C=O) groups is 5. The van der Waals surface area contributed by atoms with Crippen molar-refractivity contribution in [2.75, 3.05) is 19.1 Å². The number of allylic oxidation sites excluding steroid dienone is 2. The van der Waals surface area contributed by atoms with Crippen LogP contribution in [0.2, 0.25) is 10.0 Å². The number of nitrogens with zero attached hydrogens (tertiary/aromatic N) is 2. The van der Waals surface area contributed by atoms with Crippen LogP contribution in [0, 0.1) is 29.5 Å². The molecular weight excluding hydrogens is 704 g/mol. The highest BCUT2D eigenvalue weighted by atomic mass is 35.5. The lowest BCUT2D eigenvalue weighted by molar-refractivity contribution is -0.142. The topological polar surface area (TPSA) is 154 Å². The number of rotatable bonds is 9. The van der Waals surface area contributed by atoms with Crippen LogP contribution in [0.3, 0.4) is 0 Å². The van der Waals surface area contributed by atoms with E-state index < -0.39 is 76.2 Å². The van der Waals surface area contributed by atoms with Gasteiger partial charge in [-0.15, -0.1) is 0 Å². The van der Waals surface area contributed by atoms with Crippen LogP contribution in [-0.2, 0) is 29.4 Å². The fourth-order valence-corrected chi connectivity index (χ4v) is 9.08. The van der Waals surface area contributed by atoms with Gasteiger partial charge in [-0.25, -0.2) is 4.39 Å². The number of phenolic OH excluding ortho intramolecular Hbond substituents is 1. The molecule has 6 unspecified atom stereocenters. The van der Waals surface area contributed by atoms with Gasteiger partial charge in [0.25, 0.3) is 11.8 Å². The number of hydrazine groups is 1. The number of ether oxygens (including phenoxy) is 1. The summed E-state index contributed by atoms with van der Waals surface area (Å²) in [6, 6.07) is 15.0. The predicted octanol–water partition coefficient (Wildman–Crippen LogP) is 5.70. The molecule has 6 atom stereocenters. The molecule has 2 heterocycles. The Morgan fingerprint density at radius 2 is 1.76 bits per heavy atom. The summed E-state index contributed by atoms with van der Waals surface area (Å²) in [5, 5.41) is 21.8. The Hall–Kier alpha value is -4.94. The minimum absolute atomic E-state index is 0.0350. The zero-order valence-corrected chi connectivity index (χ0v) is 28.7. The fraction of sp³-hybridized carbons (Fsp3) is 0.324. The maximum Gasteiger partial charge on any atom is 0.303 e. The number of halogens is 3. The molecule has 0 radical (unpaired) electrons. The summed E-state index contributed by atoms with van der Waals surface area (Å²) in [5.41, 5.74) is 2.25. The van der Waals surface area contributed by atoms with Crippen LogP contribution in [0.1, 0.15) is 42.7 Å². The molecule has 264 valence electrons. The van der Waals surface area contributed by atoms with Crippen LogP contribution in [0.5, 0.6) is 11.5 Å². The lowest BCUT2D eigenvalue weighted by Crippen LogP contribution is -2.53. The zero-order chi connectivity index (χ0) is 36.4. The fourth-order valence-electron chi connectivity index (χ4n) is 8.63. The number of methoxy groups -OCH3 is 1. The van der Waals surface area contributed by atoms with Crippen LogP contribution in [0.25, 0.3) is 0 Å². The first kappa shape index (κ1) is 34.5. The highest BCUT2D eigenvalue weighted by Crippen LogP contribution is 2.65. The Morgan fingerprint density at radius 3 is 2.45 bits per heavy atom. The number of aromatic hydroxyl groups is 1. The first-order valence-corrected chi connectivity index (χ1v) is 17.1. The van der Waals surface area contributed by atoms with Crippen molar-refractivity contribution in [3.8, 4) is 11.5 Å². The highest BCUT2D eigenvalue weighted by Gasteiger charge is 2.70. The van der Waals surface area contributed by atoms with Gasteiger partial charge >= 0.3 is 5.97 Å². The normalized spacial score (nSPS) is 26.8. The van der Waals surface area contributed by atoms with Gasteiger partial charge in [-0.05, 0) is 67.1 Å². The third-order valence-electron chi connectivity index (χ3n) is 10.8. The third kappa shape index (κ3) is 5.34. The molecule has 51 heavy (non-hydrogen) atoms. The number of imide groups is 2. The van der Waals surface area contributed by atoms with Crippen LogP contribution < -0.4 is 10.2 Å². The van der Waals surface area contributed by atoms with E-state index >= 15 is 9.18 Å². The number of para-hydroxylation sites is 1. The molecule has 11 nitrogen and oxygen atoms in total. The summed E-state index contributed by atoms with van der Waals surface area (Å²) in [5.74, 6) is -9.32. The van der Waals surface area contributed by atoms with Crippen molar-refractivity contribution in [3.05, 3.63) is 99.3 Å². The second-order valence-electron chi connectivity index (χ2n) is 13.2. The van der Waals surface area contributed by atoms with Crippen molar-refractivity contribution >= 4 is 58.5 Å². The molecule has 3 N–H and O–H groups in total. The minimum atomic E-state index is -1.78. The number of anilines is 1. The lowest BCUT2D eigenvalue weighted by Gasteiger charge is -2.50. The number of aliphatic carboxylic acids is 1. The van der Waals surface area contributed by atoms with Gasteiger partial charge in [0.1, 0.15) is 5.75 Å². The number of benzene rings is 3. The van der Waals surface area contributed by atoms with Crippen molar-refractivity contribution < 1.29 is 43.3 Å². The van der Waals surface area contributed by atoms with E-state index in [1.54, 1.807) is 30.3 Å². The molecule has 4 aliphatic rings. The third-order valence-corrected chi connectivity index (χ3v) is 11.3. The Morgan fingerprint density at radius 1 is 1.02 bits per heavy atom. The molecule has 4 amide bonds. The van der Waals surface area contributed by atoms with Crippen molar-refractivity contribution in [1.82, 2.24) is 9.91 Å². The van der Waals surface area contributed by atoms with E-state index in [0.29, 0.717) is 21.9 Å². The number of hydrogen-bond acceptors (Lipinski definition) is 8. The van der Waals surface area contributed by atoms with Crippen LogP contribution >= 0.6 is 23.2 Å². The lowest BCUT2D eigenvalue weighted by atomic mass is 9.49. The van der Waals surface area contributed by atoms with Crippen molar-refractivity contribution in [1.29, 1.82) is 0 Å². The van der Waals surface area contributed by atoms with Gasteiger partial charge < -0.3 is 14.9 Å². The number of phenols is 1. The van der Waals surface area contributed by atoms with E-state index in [1.807, 2.05) is 0 Å². The summed E-state index contributed by atoms with van der Waals surface area (Å²) in [6.07, 6.45) is 1.69. The molecule has 14 heteroatoms. The van der Waals surface area contributed by atoms with E-state index in [0.717, 1.165) is 16.0 Å². The molecule has 3 aromatic rings. The molecule has 0 spiro atoms.